The first kappa shape index (κ1) is 47.5. The molecule has 0 aliphatic carbocycles. The van der Waals surface area contributed by atoms with Crippen molar-refractivity contribution in [2.24, 2.45) is 11.7 Å². The maximum absolute atomic E-state index is 12.9. The SMILES string of the molecule is Cc1nn(-c2ccc(C#N)c(Cl)c2)c(C)c1CCc1ccc(C(=O)NCCOCCOCCOCCNC(=O)[C@H](CC(C)C)NC(=O)[C@@H](O)[C@H](N)Cc2ccccc2)cc1. The standard InChI is InChI=1S/C45H58ClN7O7/c1-30(2)26-41(51-45(57)42(54)40(48)27-34-8-6-5-7-9-34)44(56)50-19-21-59-23-25-60-24-22-58-20-18-49-43(55)35-13-10-33(11-14-35)12-17-38-31(3)52-53(32(38)4)37-16-15-36(29-47)39(46)28-37/h5-11,13-16,28,30,40-42,54H,12,17-27,48H2,1-4H3,(H,49,55)(H,50,56)(H,51,57)/t40-,41+,42+/m1/s1. The molecular formula is C45H58ClN7O7. The van der Waals surface area contributed by atoms with E-state index in [2.05, 4.69) is 22.0 Å². The lowest BCUT2D eigenvalue weighted by atomic mass is 10.00. The van der Waals surface area contributed by atoms with Crippen LogP contribution in [0.25, 0.3) is 5.69 Å². The average molecular weight is 844 g/mol. The van der Waals surface area contributed by atoms with Gasteiger partial charge in [0.2, 0.25) is 5.91 Å². The van der Waals surface area contributed by atoms with E-state index < -0.39 is 24.1 Å². The molecule has 0 unspecified atom stereocenters. The van der Waals surface area contributed by atoms with Crippen LogP contribution in [0.1, 0.15) is 64.3 Å². The molecular weight excluding hydrogens is 786 g/mol. The lowest BCUT2D eigenvalue weighted by molar-refractivity contribution is -0.135. The first-order chi connectivity index (χ1) is 28.9. The number of carbonyl (C=O) groups excluding carboxylic acids is 3. The van der Waals surface area contributed by atoms with Crippen molar-refractivity contribution < 1.29 is 33.7 Å². The highest BCUT2D eigenvalue weighted by molar-refractivity contribution is 6.31. The van der Waals surface area contributed by atoms with Gasteiger partial charge in [0.15, 0.2) is 0 Å². The van der Waals surface area contributed by atoms with E-state index in [1.54, 1.807) is 12.1 Å². The summed E-state index contributed by atoms with van der Waals surface area (Å²) in [4.78, 5) is 38.3. The van der Waals surface area contributed by atoms with Crippen LogP contribution in [0.4, 0.5) is 0 Å². The number of aromatic nitrogens is 2. The van der Waals surface area contributed by atoms with E-state index in [0.29, 0.717) is 68.6 Å². The van der Waals surface area contributed by atoms with Gasteiger partial charge in [0, 0.05) is 30.4 Å². The second-order valence-electron chi connectivity index (χ2n) is 14.9. The highest BCUT2D eigenvalue weighted by atomic mass is 35.5. The second kappa shape index (κ2) is 24.8. The molecule has 0 spiro atoms. The zero-order valence-corrected chi connectivity index (χ0v) is 35.7. The van der Waals surface area contributed by atoms with Gasteiger partial charge in [-0.3, -0.25) is 14.4 Å². The molecule has 1 heterocycles. The first-order valence-corrected chi connectivity index (χ1v) is 20.7. The molecule has 0 aliphatic heterocycles. The third-order valence-electron chi connectivity index (χ3n) is 9.79. The van der Waals surface area contributed by atoms with Crippen molar-refractivity contribution in [3.8, 4) is 11.8 Å². The molecule has 14 nitrogen and oxygen atoms in total. The minimum absolute atomic E-state index is 0.122. The van der Waals surface area contributed by atoms with Crippen LogP contribution < -0.4 is 21.7 Å². The summed E-state index contributed by atoms with van der Waals surface area (Å²) >= 11 is 6.25. The second-order valence-corrected chi connectivity index (χ2v) is 15.3. The molecule has 4 rings (SSSR count). The Balaban J connectivity index is 1.03. The quantitative estimate of drug-likeness (QED) is 0.0604. The highest BCUT2D eigenvalue weighted by Crippen LogP contribution is 2.24. The van der Waals surface area contributed by atoms with E-state index in [4.69, 9.17) is 36.6 Å². The van der Waals surface area contributed by atoms with E-state index in [9.17, 15) is 24.8 Å². The Morgan fingerprint density at radius 1 is 0.850 bits per heavy atom. The van der Waals surface area contributed by atoms with Gasteiger partial charge in [0.1, 0.15) is 18.2 Å². The zero-order valence-electron chi connectivity index (χ0n) is 34.9. The van der Waals surface area contributed by atoms with Gasteiger partial charge >= 0.3 is 0 Å². The molecule has 0 aliphatic rings. The monoisotopic (exact) mass is 843 g/mol. The number of nitriles is 1. The molecule has 0 fully saturated rings. The predicted molar refractivity (Wildman–Crippen MR) is 230 cm³/mol. The number of rotatable bonds is 25. The van der Waals surface area contributed by atoms with Crippen LogP contribution in [0.3, 0.4) is 0 Å². The van der Waals surface area contributed by atoms with Crippen molar-refractivity contribution in [3.63, 3.8) is 0 Å². The van der Waals surface area contributed by atoms with Gasteiger partial charge in [-0.25, -0.2) is 4.68 Å². The maximum atomic E-state index is 12.9. The lowest BCUT2D eigenvalue weighted by Crippen LogP contribution is -2.54. The summed E-state index contributed by atoms with van der Waals surface area (Å²) < 4.78 is 18.5. The van der Waals surface area contributed by atoms with Gasteiger partial charge in [0.25, 0.3) is 11.8 Å². The number of nitrogens with zero attached hydrogens (tertiary/aromatic N) is 3. The van der Waals surface area contributed by atoms with Crippen molar-refractivity contribution in [2.45, 2.75) is 71.6 Å². The number of carbonyl (C=O) groups is 3. The molecule has 1 aromatic heterocycles. The Labute approximate surface area is 357 Å². The van der Waals surface area contributed by atoms with Crippen molar-refractivity contribution in [1.82, 2.24) is 25.7 Å². The fraction of sp³-hybridized carbons (Fsp3) is 0.444. The minimum atomic E-state index is -1.46. The number of nitrogens with one attached hydrogen (secondary N) is 3. The molecule has 3 atom stereocenters. The third-order valence-corrected chi connectivity index (χ3v) is 10.1. The average Bonchev–Trinajstić information content (AvgIpc) is 3.52. The number of nitrogens with two attached hydrogens (primary N) is 1. The number of ether oxygens (including phenoxy) is 3. The molecule has 0 saturated carbocycles. The zero-order chi connectivity index (χ0) is 43.4. The van der Waals surface area contributed by atoms with E-state index in [-0.39, 0.29) is 30.9 Å². The van der Waals surface area contributed by atoms with Gasteiger partial charge in [0.05, 0.1) is 61.6 Å². The smallest absolute Gasteiger partial charge is 0.251 e. The Bertz CT molecular complexity index is 2020. The topological polar surface area (TPSA) is 203 Å². The number of aliphatic hydroxyl groups is 1. The van der Waals surface area contributed by atoms with Crippen LogP contribution in [0.2, 0.25) is 5.02 Å². The largest absolute Gasteiger partial charge is 0.382 e. The molecule has 15 heteroatoms. The molecule has 4 aromatic rings. The number of hydrogen-bond acceptors (Lipinski definition) is 10. The van der Waals surface area contributed by atoms with Crippen molar-refractivity contribution in [1.29, 1.82) is 5.26 Å². The molecule has 0 radical (unpaired) electrons. The minimum Gasteiger partial charge on any atom is -0.382 e. The molecule has 0 bridgehead atoms. The molecule has 3 amide bonds. The normalized spacial score (nSPS) is 12.7. The fourth-order valence-corrected chi connectivity index (χ4v) is 6.73. The molecule has 3 aromatic carbocycles. The summed E-state index contributed by atoms with van der Waals surface area (Å²) in [5.41, 5.74) is 13.0. The number of halogens is 1. The van der Waals surface area contributed by atoms with Gasteiger partial charge in [-0.2, -0.15) is 10.4 Å². The van der Waals surface area contributed by atoms with Crippen LogP contribution >= 0.6 is 11.6 Å². The Hall–Kier alpha value is -5.14. The first-order valence-electron chi connectivity index (χ1n) is 20.3. The maximum Gasteiger partial charge on any atom is 0.251 e. The highest BCUT2D eigenvalue weighted by Gasteiger charge is 2.28. The summed E-state index contributed by atoms with van der Waals surface area (Å²) in [5, 5.41) is 33.1. The van der Waals surface area contributed by atoms with E-state index >= 15 is 0 Å². The summed E-state index contributed by atoms with van der Waals surface area (Å²) in [7, 11) is 0. The van der Waals surface area contributed by atoms with Crippen molar-refractivity contribution in [2.75, 3.05) is 52.7 Å². The molecule has 322 valence electrons. The Morgan fingerprint density at radius 2 is 1.48 bits per heavy atom. The number of aryl methyl sites for hydroxylation is 2. The predicted octanol–water partition coefficient (Wildman–Crippen LogP) is 4.16. The van der Waals surface area contributed by atoms with Gasteiger partial charge in [-0.1, -0.05) is 67.9 Å². The van der Waals surface area contributed by atoms with E-state index in [1.807, 2.05) is 93.0 Å². The van der Waals surface area contributed by atoms with Crippen LogP contribution in [0.5, 0.6) is 0 Å². The van der Waals surface area contributed by atoms with Crippen LogP contribution in [-0.2, 0) is 43.1 Å². The summed E-state index contributed by atoms with van der Waals surface area (Å²) in [6, 6.07) is 22.6. The van der Waals surface area contributed by atoms with Crippen molar-refractivity contribution in [3.05, 3.63) is 117 Å². The third kappa shape index (κ3) is 15.2. The number of hydrogen-bond donors (Lipinski definition) is 5. The Kier molecular flexibility index (Phi) is 19.7. The molecule has 60 heavy (non-hydrogen) atoms. The Morgan fingerprint density at radius 3 is 2.10 bits per heavy atom. The number of amides is 3. The molecule has 0 saturated heterocycles. The summed E-state index contributed by atoms with van der Waals surface area (Å²) in [6.45, 7) is 10.5. The van der Waals surface area contributed by atoms with Crippen LogP contribution in [0, 0.1) is 31.1 Å². The van der Waals surface area contributed by atoms with E-state index in [1.165, 1.54) is 0 Å². The van der Waals surface area contributed by atoms with Crippen molar-refractivity contribution >= 4 is 29.3 Å². The van der Waals surface area contributed by atoms with Gasteiger partial charge in [-0.05, 0) is 92.5 Å². The summed E-state index contributed by atoms with van der Waals surface area (Å²) in [5.74, 6) is -1.10. The van der Waals surface area contributed by atoms with E-state index in [0.717, 1.165) is 46.6 Å². The summed E-state index contributed by atoms with van der Waals surface area (Å²) in [6.07, 6.45) is 0.821. The van der Waals surface area contributed by atoms with Gasteiger partial charge < -0.3 is 41.0 Å². The van der Waals surface area contributed by atoms with Crippen LogP contribution in [-0.4, -0.2) is 104 Å². The van der Waals surface area contributed by atoms with Crippen LogP contribution in [0.15, 0.2) is 72.8 Å². The number of aliphatic hydroxyl groups excluding tert-OH is 1. The fourth-order valence-electron chi connectivity index (χ4n) is 6.51. The number of benzene rings is 3. The van der Waals surface area contributed by atoms with Gasteiger partial charge in [-0.15, -0.1) is 0 Å². The molecule has 6 N–H and O–H groups in total. The lowest BCUT2D eigenvalue weighted by Gasteiger charge is -2.24.